The average molecular weight is 529 g/mol. The van der Waals surface area contributed by atoms with E-state index in [-0.39, 0.29) is 0 Å². The second kappa shape index (κ2) is 9.94. The molecule has 0 atom stereocenters. The second-order valence-corrected chi connectivity index (χ2v) is 10.8. The summed E-state index contributed by atoms with van der Waals surface area (Å²) in [6.45, 7) is 8.70. The van der Waals surface area contributed by atoms with Crippen LogP contribution in [0.2, 0.25) is 0 Å². The van der Waals surface area contributed by atoms with Gasteiger partial charge in [0.15, 0.2) is 0 Å². The summed E-state index contributed by atoms with van der Waals surface area (Å²) in [6.07, 6.45) is 8.80. The van der Waals surface area contributed by atoms with Crippen LogP contribution in [0, 0.1) is 13.8 Å². The Labute approximate surface area is 241 Å². The van der Waals surface area contributed by atoms with E-state index in [1.165, 1.54) is 60.5 Å². The molecular weight excluding hydrogens is 496 g/mol. The van der Waals surface area contributed by atoms with Crippen LogP contribution < -0.4 is 0 Å². The topological polar surface area (TPSA) is 13.1 Å². The maximum Gasteiger partial charge on any atom is 0.143 e. The Morgan fingerprint density at radius 1 is 0.512 bits per heavy atom. The summed E-state index contributed by atoms with van der Waals surface area (Å²) >= 11 is 0. The molecule has 0 saturated carbocycles. The first-order valence-electron chi connectivity index (χ1n) is 14.4. The molecule has 1 heteroatoms. The van der Waals surface area contributed by atoms with Crippen LogP contribution in [0.3, 0.4) is 0 Å². The van der Waals surface area contributed by atoms with E-state index in [9.17, 15) is 0 Å². The van der Waals surface area contributed by atoms with E-state index in [1.807, 2.05) is 6.07 Å². The normalized spacial score (nSPS) is 12.2. The van der Waals surface area contributed by atoms with Crippen molar-refractivity contribution in [3.8, 4) is 22.3 Å². The third kappa shape index (κ3) is 3.84. The van der Waals surface area contributed by atoms with E-state index in [0.717, 1.165) is 27.5 Å². The van der Waals surface area contributed by atoms with Crippen molar-refractivity contribution in [3.05, 3.63) is 131 Å². The van der Waals surface area contributed by atoms with Crippen LogP contribution >= 0.6 is 0 Å². The zero-order valence-electron chi connectivity index (χ0n) is 24.0. The Bertz CT molecular complexity index is 2190. The molecule has 1 aromatic heterocycles. The number of hydrogen-bond donors (Lipinski definition) is 0. The van der Waals surface area contributed by atoms with Gasteiger partial charge in [-0.1, -0.05) is 109 Å². The highest BCUT2D eigenvalue weighted by Gasteiger charge is 2.22. The van der Waals surface area contributed by atoms with Crippen molar-refractivity contribution in [2.45, 2.75) is 27.7 Å². The number of furan rings is 1. The van der Waals surface area contributed by atoms with Gasteiger partial charge in [0.1, 0.15) is 11.2 Å². The monoisotopic (exact) mass is 528 g/mol. The molecule has 0 saturated heterocycles. The number of rotatable bonds is 4. The standard InChI is InChI=1S/C40H32O/c1-5-14-27-24-36(30-17-8-7-16-28(30)25(27)3)39-29(15-6-2)26(4)38(32-19-9-10-20-33(32)39)35-22-13-21-34-31-18-11-12-23-37(31)41-40(34)35/h5-24H,1-4H3/b14-5-,15-6-. The average Bonchev–Trinajstić information content (AvgIpc) is 3.39. The van der Waals surface area contributed by atoms with E-state index in [0.29, 0.717) is 0 Å². The first kappa shape index (κ1) is 25.1. The molecule has 0 aliphatic heterocycles. The minimum Gasteiger partial charge on any atom is -0.455 e. The number of allylic oxidation sites excluding steroid dienone is 2. The van der Waals surface area contributed by atoms with Crippen LogP contribution in [0.1, 0.15) is 36.1 Å². The van der Waals surface area contributed by atoms with Crippen LogP contribution in [0.25, 0.3) is 77.9 Å². The molecule has 1 heterocycles. The van der Waals surface area contributed by atoms with E-state index in [2.05, 4.69) is 143 Å². The Kier molecular flexibility index (Phi) is 6.09. The predicted molar refractivity (Wildman–Crippen MR) is 178 cm³/mol. The first-order valence-corrected chi connectivity index (χ1v) is 14.4. The number of fused-ring (bicyclic) bond motifs is 5. The third-order valence-corrected chi connectivity index (χ3v) is 8.49. The zero-order valence-corrected chi connectivity index (χ0v) is 24.0. The zero-order chi connectivity index (χ0) is 28.1. The highest BCUT2D eigenvalue weighted by molar-refractivity contribution is 6.17. The van der Waals surface area contributed by atoms with Gasteiger partial charge in [-0.3, -0.25) is 0 Å². The SMILES string of the molecule is C/C=C\c1cc(-c2c(/C=C\C)c(C)c(-c3cccc4c3oc3ccccc34)c3ccccc23)c2ccccc2c1C. The minimum absolute atomic E-state index is 0.921. The summed E-state index contributed by atoms with van der Waals surface area (Å²) < 4.78 is 6.54. The number of hydrogen-bond acceptors (Lipinski definition) is 1. The predicted octanol–water partition coefficient (Wildman–Crippen LogP) is 11.9. The lowest BCUT2D eigenvalue weighted by Crippen LogP contribution is -1.98. The molecule has 0 unspecified atom stereocenters. The van der Waals surface area contributed by atoms with E-state index >= 15 is 0 Å². The summed E-state index contributed by atoms with van der Waals surface area (Å²) in [7, 11) is 0. The van der Waals surface area contributed by atoms with Crippen molar-refractivity contribution in [1.82, 2.24) is 0 Å². The van der Waals surface area contributed by atoms with Gasteiger partial charge in [-0.2, -0.15) is 0 Å². The molecule has 1 nitrogen and oxygen atoms in total. The fourth-order valence-electron chi connectivity index (χ4n) is 6.65. The van der Waals surface area contributed by atoms with Crippen LogP contribution in [-0.4, -0.2) is 0 Å². The van der Waals surface area contributed by atoms with Gasteiger partial charge >= 0.3 is 0 Å². The van der Waals surface area contributed by atoms with Crippen molar-refractivity contribution >= 4 is 55.6 Å². The van der Waals surface area contributed by atoms with Gasteiger partial charge in [0.05, 0.1) is 0 Å². The Morgan fingerprint density at radius 3 is 1.85 bits per heavy atom. The molecule has 7 rings (SSSR count). The Morgan fingerprint density at radius 2 is 1.12 bits per heavy atom. The Hall–Kier alpha value is -4.88. The molecule has 0 N–H and O–H groups in total. The molecule has 6 aromatic carbocycles. The van der Waals surface area contributed by atoms with Gasteiger partial charge in [0.25, 0.3) is 0 Å². The Balaban J connectivity index is 1.65. The van der Waals surface area contributed by atoms with E-state index in [4.69, 9.17) is 4.42 Å². The van der Waals surface area contributed by atoms with Crippen LogP contribution in [0.15, 0.2) is 114 Å². The molecule has 0 aliphatic rings. The summed E-state index contributed by atoms with van der Waals surface area (Å²) in [4.78, 5) is 0. The van der Waals surface area contributed by atoms with Gasteiger partial charge in [-0.25, -0.2) is 0 Å². The van der Waals surface area contributed by atoms with E-state index < -0.39 is 0 Å². The van der Waals surface area contributed by atoms with Crippen LogP contribution in [-0.2, 0) is 0 Å². The van der Waals surface area contributed by atoms with Crippen molar-refractivity contribution in [2.75, 3.05) is 0 Å². The molecule has 0 radical (unpaired) electrons. The highest BCUT2D eigenvalue weighted by atomic mass is 16.3. The van der Waals surface area contributed by atoms with Gasteiger partial charge in [0.2, 0.25) is 0 Å². The lowest BCUT2D eigenvalue weighted by molar-refractivity contribution is 0.670. The largest absolute Gasteiger partial charge is 0.455 e. The van der Waals surface area contributed by atoms with Crippen molar-refractivity contribution in [3.63, 3.8) is 0 Å². The lowest BCUT2D eigenvalue weighted by Gasteiger charge is -2.22. The number of aryl methyl sites for hydroxylation is 1. The summed E-state index contributed by atoms with van der Waals surface area (Å²) in [5.41, 5.74) is 11.8. The fourth-order valence-corrected chi connectivity index (χ4v) is 6.65. The lowest BCUT2D eigenvalue weighted by atomic mass is 9.81. The van der Waals surface area contributed by atoms with Crippen LogP contribution in [0.4, 0.5) is 0 Å². The first-order chi connectivity index (χ1) is 20.1. The molecule has 0 bridgehead atoms. The molecule has 0 fully saturated rings. The second-order valence-electron chi connectivity index (χ2n) is 10.8. The van der Waals surface area contributed by atoms with Gasteiger partial charge in [-0.15, -0.1) is 0 Å². The molecule has 7 aromatic rings. The summed E-state index contributed by atoms with van der Waals surface area (Å²) in [5.74, 6) is 0. The minimum atomic E-state index is 0.921. The van der Waals surface area contributed by atoms with Gasteiger partial charge in [-0.05, 0) is 100 Å². The number of benzene rings is 6. The fraction of sp³-hybridized carbons (Fsp3) is 0.100. The molecule has 0 spiro atoms. The molecule has 0 aliphatic carbocycles. The molecule has 0 amide bonds. The molecular formula is C40H32O. The smallest absolute Gasteiger partial charge is 0.143 e. The maximum absolute atomic E-state index is 6.54. The number of para-hydroxylation sites is 2. The highest BCUT2D eigenvalue weighted by Crippen LogP contribution is 2.47. The third-order valence-electron chi connectivity index (χ3n) is 8.49. The molecule has 41 heavy (non-hydrogen) atoms. The summed E-state index contributed by atoms with van der Waals surface area (Å²) in [5, 5.41) is 7.36. The van der Waals surface area contributed by atoms with Crippen molar-refractivity contribution in [2.24, 2.45) is 0 Å². The van der Waals surface area contributed by atoms with Crippen molar-refractivity contribution < 1.29 is 4.42 Å². The van der Waals surface area contributed by atoms with Gasteiger partial charge < -0.3 is 4.42 Å². The maximum atomic E-state index is 6.54. The molecule has 198 valence electrons. The summed E-state index contributed by atoms with van der Waals surface area (Å²) in [6, 6.07) is 34.9. The van der Waals surface area contributed by atoms with Crippen molar-refractivity contribution in [1.29, 1.82) is 0 Å². The van der Waals surface area contributed by atoms with Gasteiger partial charge in [0, 0.05) is 16.3 Å². The van der Waals surface area contributed by atoms with Crippen LogP contribution in [0.5, 0.6) is 0 Å². The van der Waals surface area contributed by atoms with E-state index in [1.54, 1.807) is 0 Å². The quantitative estimate of drug-likeness (QED) is 0.221.